The average molecular weight is 291 g/mol. The number of hydrogen-bond donors (Lipinski definition) is 0. The Hall–Kier alpha value is -2.31. The van der Waals surface area contributed by atoms with E-state index in [2.05, 4.69) is 4.98 Å². The SMILES string of the molecule is O=C(CN1CCOC1=O)N1CCC(Oc2ccncc2)C1. The Morgan fingerprint density at radius 2 is 2.19 bits per heavy atom. The van der Waals surface area contributed by atoms with E-state index in [4.69, 9.17) is 9.47 Å². The average Bonchev–Trinajstić information content (AvgIpc) is 3.10. The van der Waals surface area contributed by atoms with Crippen molar-refractivity contribution in [1.82, 2.24) is 14.8 Å². The summed E-state index contributed by atoms with van der Waals surface area (Å²) in [4.78, 5) is 30.6. The van der Waals surface area contributed by atoms with E-state index in [0.717, 1.165) is 12.2 Å². The van der Waals surface area contributed by atoms with Gasteiger partial charge >= 0.3 is 6.09 Å². The van der Waals surface area contributed by atoms with Crippen LogP contribution in [0.2, 0.25) is 0 Å². The summed E-state index contributed by atoms with van der Waals surface area (Å²) in [6.45, 7) is 2.12. The van der Waals surface area contributed by atoms with Gasteiger partial charge in [-0.25, -0.2) is 4.79 Å². The number of ether oxygens (including phenoxy) is 2. The first-order valence-electron chi connectivity index (χ1n) is 6.98. The molecule has 2 amide bonds. The summed E-state index contributed by atoms with van der Waals surface area (Å²) >= 11 is 0. The van der Waals surface area contributed by atoms with Crippen LogP contribution in [0.4, 0.5) is 4.79 Å². The molecule has 7 heteroatoms. The summed E-state index contributed by atoms with van der Waals surface area (Å²) in [5.41, 5.74) is 0. The van der Waals surface area contributed by atoms with Crippen LogP contribution in [0.15, 0.2) is 24.5 Å². The molecule has 1 unspecified atom stereocenters. The molecule has 0 bridgehead atoms. The highest BCUT2D eigenvalue weighted by Gasteiger charge is 2.31. The Morgan fingerprint density at radius 3 is 2.90 bits per heavy atom. The lowest BCUT2D eigenvalue weighted by Gasteiger charge is -2.20. The third-order valence-electron chi connectivity index (χ3n) is 3.62. The van der Waals surface area contributed by atoms with E-state index in [-0.39, 0.29) is 18.6 Å². The van der Waals surface area contributed by atoms with Gasteiger partial charge in [-0.1, -0.05) is 0 Å². The van der Waals surface area contributed by atoms with E-state index < -0.39 is 6.09 Å². The Bertz CT molecular complexity index is 522. The van der Waals surface area contributed by atoms with Crippen LogP contribution < -0.4 is 4.74 Å². The van der Waals surface area contributed by atoms with Gasteiger partial charge in [-0.2, -0.15) is 0 Å². The van der Waals surface area contributed by atoms with Crippen LogP contribution in [0.3, 0.4) is 0 Å². The van der Waals surface area contributed by atoms with E-state index >= 15 is 0 Å². The monoisotopic (exact) mass is 291 g/mol. The van der Waals surface area contributed by atoms with Gasteiger partial charge in [0.15, 0.2) is 0 Å². The molecule has 3 heterocycles. The fraction of sp³-hybridized carbons (Fsp3) is 0.500. The minimum atomic E-state index is -0.410. The molecule has 0 radical (unpaired) electrons. The molecule has 0 spiro atoms. The number of pyridine rings is 1. The third kappa shape index (κ3) is 3.24. The number of carbonyl (C=O) groups excluding carboxylic acids is 2. The smallest absolute Gasteiger partial charge is 0.410 e. The Labute approximate surface area is 122 Å². The molecule has 0 aromatic carbocycles. The summed E-state index contributed by atoms with van der Waals surface area (Å²) in [5.74, 6) is 0.696. The van der Waals surface area contributed by atoms with E-state index in [1.54, 1.807) is 29.4 Å². The molecule has 0 aliphatic carbocycles. The molecule has 2 aliphatic heterocycles. The minimum Gasteiger partial charge on any atom is -0.488 e. The molecule has 0 N–H and O–H groups in total. The molecule has 1 aromatic rings. The highest BCUT2D eigenvalue weighted by atomic mass is 16.6. The van der Waals surface area contributed by atoms with Gasteiger partial charge in [0.1, 0.15) is 25.0 Å². The van der Waals surface area contributed by atoms with Crippen LogP contribution in [0.1, 0.15) is 6.42 Å². The zero-order chi connectivity index (χ0) is 14.7. The second-order valence-electron chi connectivity index (χ2n) is 5.09. The summed E-state index contributed by atoms with van der Waals surface area (Å²) < 4.78 is 10.6. The van der Waals surface area contributed by atoms with Gasteiger partial charge < -0.3 is 14.4 Å². The second-order valence-corrected chi connectivity index (χ2v) is 5.09. The van der Waals surface area contributed by atoms with Crippen LogP contribution in [0.5, 0.6) is 5.75 Å². The summed E-state index contributed by atoms with van der Waals surface area (Å²) in [6, 6.07) is 3.59. The van der Waals surface area contributed by atoms with Crippen LogP contribution in [-0.4, -0.2) is 65.7 Å². The molecule has 1 aromatic heterocycles. The molecule has 7 nitrogen and oxygen atoms in total. The van der Waals surface area contributed by atoms with E-state index in [0.29, 0.717) is 26.2 Å². The third-order valence-corrected chi connectivity index (χ3v) is 3.62. The number of carbonyl (C=O) groups is 2. The highest BCUT2D eigenvalue weighted by molar-refractivity contribution is 5.83. The highest BCUT2D eigenvalue weighted by Crippen LogP contribution is 2.18. The van der Waals surface area contributed by atoms with Crippen LogP contribution >= 0.6 is 0 Å². The van der Waals surface area contributed by atoms with E-state index in [9.17, 15) is 9.59 Å². The van der Waals surface area contributed by atoms with Gasteiger partial charge in [0.2, 0.25) is 5.91 Å². The van der Waals surface area contributed by atoms with E-state index in [1.807, 2.05) is 0 Å². The van der Waals surface area contributed by atoms with Crippen molar-refractivity contribution < 1.29 is 19.1 Å². The Balaban J connectivity index is 1.50. The van der Waals surface area contributed by atoms with Gasteiger partial charge in [-0.05, 0) is 12.1 Å². The molecule has 112 valence electrons. The number of likely N-dealkylation sites (tertiary alicyclic amines) is 1. The first-order valence-corrected chi connectivity index (χ1v) is 6.98. The maximum absolute atomic E-state index is 12.2. The summed E-state index contributed by atoms with van der Waals surface area (Å²) in [5, 5.41) is 0. The predicted octanol–water partition coefficient (Wildman–Crippen LogP) is 0.513. The number of nitrogens with zero attached hydrogens (tertiary/aromatic N) is 3. The zero-order valence-electron chi connectivity index (χ0n) is 11.6. The number of rotatable bonds is 4. The lowest BCUT2D eigenvalue weighted by atomic mass is 10.3. The van der Waals surface area contributed by atoms with Crippen molar-refractivity contribution >= 4 is 12.0 Å². The van der Waals surface area contributed by atoms with Crippen molar-refractivity contribution in [2.45, 2.75) is 12.5 Å². The normalized spacial score (nSPS) is 21.5. The van der Waals surface area contributed by atoms with Crippen molar-refractivity contribution in [3.05, 3.63) is 24.5 Å². The molecule has 0 saturated carbocycles. The van der Waals surface area contributed by atoms with Crippen LogP contribution in [0, 0.1) is 0 Å². The van der Waals surface area contributed by atoms with Gasteiger partial charge in [-0.15, -0.1) is 0 Å². The van der Waals surface area contributed by atoms with Gasteiger partial charge in [0.25, 0.3) is 0 Å². The van der Waals surface area contributed by atoms with Gasteiger partial charge in [0.05, 0.1) is 13.1 Å². The lowest BCUT2D eigenvalue weighted by Crippen LogP contribution is -2.40. The van der Waals surface area contributed by atoms with Crippen molar-refractivity contribution in [2.75, 3.05) is 32.8 Å². The predicted molar refractivity (Wildman–Crippen MR) is 72.8 cm³/mol. The maximum Gasteiger partial charge on any atom is 0.410 e. The van der Waals surface area contributed by atoms with Crippen LogP contribution in [-0.2, 0) is 9.53 Å². The summed E-state index contributed by atoms with van der Waals surface area (Å²) in [7, 11) is 0. The Morgan fingerprint density at radius 1 is 1.38 bits per heavy atom. The first kappa shape index (κ1) is 13.7. The number of hydrogen-bond acceptors (Lipinski definition) is 5. The van der Waals surface area contributed by atoms with Crippen molar-refractivity contribution in [3.63, 3.8) is 0 Å². The molecular weight excluding hydrogens is 274 g/mol. The fourth-order valence-corrected chi connectivity index (χ4v) is 2.49. The Kier molecular flexibility index (Phi) is 3.89. The maximum atomic E-state index is 12.2. The molecule has 21 heavy (non-hydrogen) atoms. The number of aromatic nitrogens is 1. The fourth-order valence-electron chi connectivity index (χ4n) is 2.49. The molecule has 1 atom stereocenters. The topological polar surface area (TPSA) is 72.0 Å². The zero-order valence-corrected chi connectivity index (χ0v) is 11.6. The molecule has 2 saturated heterocycles. The standard InChI is InChI=1S/C14H17N3O4/c18-13(10-17-7-8-20-14(17)19)16-6-3-12(9-16)21-11-1-4-15-5-2-11/h1-2,4-5,12H,3,6-10H2. The summed E-state index contributed by atoms with van der Waals surface area (Å²) in [6.07, 6.45) is 3.71. The molecule has 2 aliphatic rings. The molecule has 3 rings (SSSR count). The lowest BCUT2D eigenvalue weighted by molar-refractivity contribution is -0.130. The second kappa shape index (κ2) is 5.99. The van der Waals surface area contributed by atoms with Crippen LogP contribution in [0.25, 0.3) is 0 Å². The van der Waals surface area contributed by atoms with Crippen molar-refractivity contribution in [3.8, 4) is 5.75 Å². The minimum absolute atomic E-state index is 0.0121. The van der Waals surface area contributed by atoms with Gasteiger partial charge in [0, 0.05) is 25.4 Å². The first-order chi connectivity index (χ1) is 10.2. The molecule has 2 fully saturated rings. The number of amides is 2. The largest absolute Gasteiger partial charge is 0.488 e. The van der Waals surface area contributed by atoms with E-state index in [1.165, 1.54) is 4.90 Å². The quantitative estimate of drug-likeness (QED) is 0.808. The van der Waals surface area contributed by atoms with Crippen molar-refractivity contribution in [1.29, 1.82) is 0 Å². The number of cyclic esters (lactones) is 1. The van der Waals surface area contributed by atoms with Crippen molar-refractivity contribution in [2.24, 2.45) is 0 Å². The van der Waals surface area contributed by atoms with Gasteiger partial charge in [-0.3, -0.25) is 14.7 Å². The molecular formula is C14H17N3O4.